The lowest BCUT2D eigenvalue weighted by atomic mass is 10.0. The largest absolute Gasteiger partial charge is 0.466 e. The Bertz CT molecular complexity index is 1110. The van der Waals surface area contributed by atoms with Crippen LogP contribution >= 0.6 is 11.6 Å². The van der Waals surface area contributed by atoms with Gasteiger partial charge in [0.2, 0.25) is 0 Å². The monoisotopic (exact) mass is 410 g/mol. The smallest absolute Gasteiger partial charge is 0.278 e. The first-order valence-corrected chi connectivity index (χ1v) is 9.41. The number of nitrogens with one attached hydrogen (secondary N) is 2. The Morgan fingerprint density at radius 1 is 1.31 bits per heavy atom. The highest BCUT2D eigenvalue weighted by Gasteiger charge is 2.47. The fourth-order valence-electron chi connectivity index (χ4n) is 3.05. The van der Waals surface area contributed by atoms with Crippen molar-refractivity contribution in [3.05, 3.63) is 71.0 Å². The number of amides is 2. The number of carbonyl (C=O) groups excluding carboxylic acids is 2. The summed E-state index contributed by atoms with van der Waals surface area (Å²) in [7, 11) is 0. The summed E-state index contributed by atoms with van der Waals surface area (Å²) < 4.78 is 7.42. The zero-order valence-electron chi connectivity index (χ0n) is 15.9. The van der Waals surface area contributed by atoms with Crippen LogP contribution in [0.25, 0.3) is 0 Å². The van der Waals surface area contributed by atoms with E-state index < -0.39 is 17.4 Å². The third-order valence-electron chi connectivity index (χ3n) is 4.75. The van der Waals surface area contributed by atoms with Crippen molar-refractivity contribution in [3.8, 4) is 5.75 Å². The molecule has 0 saturated carbocycles. The van der Waals surface area contributed by atoms with Crippen molar-refractivity contribution < 1.29 is 14.3 Å². The zero-order chi connectivity index (χ0) is 20.6. The fourth-order valence-corrected chi connectivity index (χ4v) is 3.25. The molecule has 2 amide bonds. The van der Waals surface area contributed by atoms with Crippen LogP contribution in [0.1, 0.15) is 18.1 Å². The van der Waals surface area contributed by atoms with Gasteiger partial charge in [-0.25, -0.2) is 0 Å². The van der Waals surface area contributed by atoms with Gasteiger partial charge in [0.1, 0.15) is 5.75 Å². The summed E-state index contributed by atoms with van der Waals surface area (Å²) in [4.78, 5) is 25.4. The summed E-state index contributed by atoms with van der Waals surface area (Å²) in [5.41, 5.74) is 1.19. The molecule has 1 unspecified atom stereocenters. The third kappa shape index (κ3) is 3.69. The molecule has 4 rings (SSSR count). The van der Waals surface area contributed by atoms with Crippen LogP contribution in [-0.4, -0.2) is 27.2 Å². The number of nitrogens with zero attached hydrogens (tertiary/aromatic N) is 2. The highest BCUT2D eigenvalue weighted by atomic mass is 35.5. The van der Waals surface area contributed by atoms with Gasteiger partial charge in [-0.15, -0.1) is 0 Å². The Kier molecular flexibility index (Phi) is 4.76. The van der Waals surface area contributed by atoms with Crippen molar-refractivity contribution >= 4 is 34.8 Å². The van der Waals surface area contributed by atoms with Crippen LogP contribution in [0.5, 0.6) is 5.75 Å². The number of aromatic nitrogens is 2. The first-order valence-electron chi connectivity index (χ1n) is 9.03. The van der Waals surface area contributed by atoms with Crippen LogP contribution in [-0.2, 0) is 16.1 Å². The summed E-state index contributed by atoms with van der Waals surface area (Å²) in [5.74, 6) is -0.669. The molecule has 1 atom stereocenters. The van der Waals surface area contributed by atoms with E-state index in [0.29, 0.717) is 28.7 Å². The molecule has 148 valence electrons. The minimum Gasteiger partial charge on any atom is -0.466 e. The molecule has 0 spiro atoms. The van der Waals surface area contributed by atoms with Crippen molar-refractivity contribution in [1.82, 2.24) is 9.78 Å². The molecule has 2 heterocycles. The van der Waals surface area contributed by atoms with Crippen LogP contribution in [0.2, 0.25) is 5.02 Å². The van der Waals surface area contributed by atoms with Crippen molar-refractivity contribution in [2.24, 2.45) is 0 Å². The number of ether oxygens (including phenoxy) is 1. The molecule has 2 aromatic carbocycles. The van der Waals surface area contributed by atoms with Crippen LogP contribution < -0.4 is 15.4 Å². The van der Waals surface area contributed by atoms with Gasteiger partial charge in [-0.2, -0.15) is 5.10 Å². The van der Waals surface area contributed by atoms with Crippen molar-refractivity contribution in [2.75, 3.05) is 10.6 Å². The fraction of sp³-hybridized carbons (Fsp3) is 0.190. The molecule has 8 heteroatoms. The number of anilines is 2. The maximum absolute atomic E-state index is 12.8. The molecular weight excluding hydrogens is 392 g/mol. The van der Waals surface area contributed by atoms with Gasteiger partial charge < -0.3 is 15.4 Å². The molecule has 0 saturated heterocycles. The first-order chi connectivity index (χ1) is 13.8. The second-order valence-corrected chi connectivity index (χ2v) is 7.47. The summed E-state index contributed by atoms with van der Waals surface area (Å²) in [6, 6.07) is 12.8. The number of carbonyl (C=O) groups is 2. The minimum absolute atomic E-state index is 0.447. The standard InChI is InChI=1S/C21H19ClN4O3/c1-13-7-8-18-17(9-13)25-20(28)21(2,29-18)19(27)24-15-10-23-26(12-15)11-14-5-3-4-6-16(14)22/h3-10,12H,11H2,1-2H3,(H,24,27)(H,25,28). The van der Waals surface area contributed by atoms with Crippen molar-refractivity contribution in [2.45, 2.75) is 26.0 Å². The molecular formula is C21H19ClN4O3. The van der Waals surface area contributed by atoms with E-state index in [-0.39, 0.29) is 0 Å². The van der Waals surface area contributed by atoms with Crippen molar-refractivity contribution in [1.29, 1.82) is 0 Å². The number of hydrogen-bond donors (Lipinski definition) is 2. The predicted molar refractivity (Wildman–Crippen MR) is 110 cm³/mol. The van der Waals surface area contributed by atoms with Gasteiger partial charge in [0.15, 0.2) is 0 Å². The van der Waals surface area contributed by atoms with E-state index in [1.54, 1.807) is 23.0 Å². The van der Waals surface area contributed by atoms with E-state index in [9.17, 15) is 9.59 Å². The lowest BCUT2D eigenvalue weighted by Crippen LogP contribution is -2.56. The number of aryl methyl sites for hydroxylation is 1. The zero-order valence-corrected chi connectivity index (χ0v) is 16.7. The molecule has 0 fully saturated rings. The maximum atomic E-state index is 12.8. The topological polar surface area (TPSA) is 85.3 Å². The van der Waals surface area contributed by atoms with Gasteiger partial charge in [0.25, 0.3) is 17.4 Å². The van der Waals surface area contributed by atoms with Gasteiger partial charge in [0, 0.05) is 11.2 Å². The van der Waals surface area contributed by atoms with Gasteiger partial charge in [-0.05, 0) is 43.2 Å². The van der Waals surface area contributed by atoms with E-state index >= 15 is 0 Å². The van der Waals surface area contributed by atoms with Gasteiger partial charge in [-0.1, -0.05) is 35.9 Å². The Hall–Kier alpha value is -3.32. The number of fused-ring (bicyclic) bond motifs is 1. The molecule has 2 N–H and O–H groups in total. The van der Waals surface area contributed by atoms with Crippen molar-refractivity contribution in [3.63, 3.8) is 0 Å². The minimum atomic E-state index is -1.70. The van der Waals surface area contributed by atoms with Crippen LogP contribution in [0.3, 0.4) is 0 Å². The molecule has 1 aliphatic rings. The molecule has 1 aromatic heterocycles. The molecule has 0 aliphatic carbocycles. The molecule has 0 radical (unpaired) electrons. The van der Waals surface area contributed by atoms with Gasteiger partial charge >= 0.3 is 0 Å². The van der Waals surface area contributed by atoms with E-state index in [2.05, 4.69) is 15.7 Å². The predicted octanol–water partition coefficient (Wildman–Crippen LogP) is 3.62. The van der Waals surface area contributed by atoms with E-state index in [1.165, 1.54) is 13.1 Å². The first kappa shape index (κ1) is 19.0. The molecule has 29 heavy (non-hydrogen) atoms. The highest BCUT2D eigenvalue weighted by molar-refractivity contribution is 6.31. The lowest BCUT2D eigenvalue weighted by molar-refractivity contribution is -0.143. The van der Waals surface area contributed by atoms with Crippen LogP contribution in [0, 0.1) is 6.92 Å². The van der Waals surface area contributed by atoms with Gasteiger partial charge in [-0.3, -0.25) is 14.3 Å². The second kappa shape index (κ2) is 7.25. The maximum Gasteiger partial charge on any atom is 0.278 e. The lowest BCUT2D eigenvalue weighted by Gasteiger charge is -2.33. The SMILES string of the molecule is Cc1ccc2c(c1)NC(=O)C(C)(C(=O)Nc1cnn(Cc3ccccc3Cl)c1)O2. The second-order valence-electron chi connectivity index (χ2n) is 7.06. The normalized spacial score (nSPS) is 17.8. The summed E-state index contributed by atoms with van der Waals surface area (Å²) in [6.45, 7) is 3.80. The van der Waals surface area contributed by atoms with Gasteiger partial charge in [0.05, 0.1) is 24.1 Å². The summed E-state index contributed by atoms with van der Waals surface area (Å²) in [6.07, 6.45) is 3.18. The Labute approximate surface area is 172 Å². The number of benzene rings is 2. The van der Waals surface area contributed by atoms with E-state index in [4.69, 9.17) is 16.3 Å². The average Bonchev–Trinajstić information content (AvgIpc) is 3.12. The number of halogens is 1. The Morgan fingerprint density at radius 3 is 2.90 bits per heavy atom. The summed E-state index contributed by atoms with van der Waals surface area (Å²) >= 11 is 6.18. The average molecular weight is 411 g/mol. The molecule has 7 nitrogen and oxygen atoms in total. The van der Waals surface area contributed by atoms with Crippen LogP contribution in [0.15, 0.2) is 54.9 Å². The molecule has 3 aromatic rings. The highest BCUT2D eigenvalue weighted by Crippen LogP contribution is 2.34. The van der Waals surface area contributed by atoms with E-state index in [1.807, 2.05) is 37.3 Å². The number of rotatable bonds is 4. The Morgan fingerprint density at radius 2 is 2.10 bits per heavy atom. The van der Waals surface area contributed by atoms with E-state index in [0.717, 1.165) is 11.1 Å². The molecule has 0 bridgehead atoms. The Balaban J connectivity index is 1.49. The quantitative estimate of drug-likeness (QED) is 0.643. The van der Waals surface area contributed by atoms with Crippen LogP contribution in [0.4, 0.5) is 11.4 Å². The molecule has 1 aliphatic heterocycles. The number of hydrogen-bond acceptors (Lipinski definition) is 4. The summed E-state index contributed by atoms with van der Waals surface area (Å²) in [5, 5.41) is 10.3. The third-order valence-corrected chi connectivity index (χ3v) is 5.11.